The predicted molar refractivity (Wildman–Crippen MR) is 127 cm³/mol. The molecule has 11 heteroatoms. The van der Waals surface area contributed by atoms with E-state index >= 15 is 0 Å². The number of anilines is 1. The van der Waals surface area contributed by atoms with Gasteiger partial charge >= 0.3 is 5.97 Å². The van der Waals surface area contributed by atoms with Crippen molar-refractivity contribution in [1.82, 2.24) is 14.7 Å². The molecule has 0 radical (unpaired) electrons. The van der Waals surface area contributed by atoms with Crippen LogP contribution in [0.15, 0.2) is 52.0 Å². The molecule has 5 rings (SSSR count). The normalized spacial score (nSPS) is 13.6. The Morgan fingerprint density at radius 2 is 2.03 bits per heavy atom. The number of nitrogens with zero attached hydrogens (tertiary/aromatic N) is 2. The molecule has 1 aliphatic carbocycles. The van der Waals surface area contributed by atoms with Gasteiger partial charge in [-0.15, -0.1) is 11.3 Å². The Morgan fingerprint density at radius 3 is 2.85 bits per heavy atom. The largest absolute Gasteiger partial charge is 0.468 e. The first-order valence-electron chi connectivity index (χ1n) is 10.8. The average Bonchev–Trinajstić information content (AvgIpc) is 3.49. The second kappa shape index (κ2) is 9.16. The van der Waals surface area contributed by atoms with Gasteiger partial charge in [0.2, 0.25) is 10.0 Å². The average molecular weight is 499 g/mol. The summed E-state index contributed by atoms with van der Waals surface area (Å²) in [5.41, 5.74) is 7.55. The number of rotatable bonds is 7. The number of carbonyl (C=O) groups is 1. The fourth-order valence-corrected chi connectivity index (χ4v) is 6.29. The molecule has 3 heterocycles. The fourth-order valence-electron chi connectivity index (χ4n) is 3.96. The van der Waals surface area contributed by atoms with E-state index in [0.29, 0.717) is 17.4 Å². The summed E-state index contributed by atoms with van der Waals surface area (Å²) in [7, 11) is -3.85. The van der Waals surface area contributed by atoms with Crippen molar-refractivity contribution in [2.75, 3.05) is 5.73 Å². The smallest absolute Gasteiger partial charge is 0.338 e. The van der Waals surface area contributed by atoms with E-state index in [-0.39, 0.29) is 23.6 Å². The molecule has 0 amide bonds. The summed E-state index contributed by atoms with van der Waals surface area (Å²) >= 11 is 1.61. The molecule has 0 spiro atoms. The number of aryl methyl sites for hydroxylation is 2. The summed E-state index contributed by atoms with van der Waals surface area (Å²) in [6.45, 7) is -0.174. The Hall–Kier alpha value is -3.28. The highest BCUT2D eigenvalue weighted by atomic mass is 32.2. The fraction of sp³-hybridized carbons (Fsp3) is 0.261. The van der Waals surface area contributed by atoms with Crippen LogP contribution in [-0.2, 0) is 40.8 Å². The maximum absolute atomic E-state index is 12.6. The van der Waals surface area contributed by atoms with Crippen molar-refractivity contribution in [2.45, 2.75) is 43.7 Å². The van der Waals surface area contributed by atoms with E-state index in [1.807, 2.05) is 0 Å². The van der Waals surface area contributed by atoms with Crippen molar-refractivity contribution in [3.8, 4) is 0 Å². The van der Waals surface area contributed by atoms with Crippen LogP contribution >= 0.6 is 11.3 Å². The van der Waals surface area contributed by atoms with E-state index in [1.165, 1.54) is 41.0 Å². The molecule has 34 heavy (non-hydrogen) atoms. The van der Waals surface area contributed by atoms with Crippen LogP contribution in [0, 0.1) is 0 Å². The molecule has 0 atom stereocenters. The number of thiophene rings is 1. The third-order valence-electron chi connectivity index (χ3n) is 5.62. The monoisotopic (exact) mass is 498 g/mol. The first-order valence-corrected chi connectivity index (χ1v) is 13.1. The van der Waals surface area contributed by atoms with E-state index in [0.717, 1.165) is 35.9 Å². The van der Waals surface area contributed by atoms with E-state index in [2.05, 4.69) is 14.7 Å². The van der Waals surface area contributed by atoms with Crippen LogP contribution in [0.25, 0.3) is 10.2 Å². The first-order chi connectivity index (χ1) is 16.4. The standard InChI is InChI=1S/C23H22N4O5S2/c24-21-20-17-8-1-2-9-18(17)33-22(20)27-19(26-21)13-32-23(28)14-5-3-7-16(11-14)34(29,30)25-12-15-6-4-10-31-15/h3-7,10-11,25H,1-2,8-9,12-13H2,(H2,24,26,27). The third kappa shape index (κ3) is 4.54. The number of aromatic nitrogens is 2. The number of carbonyl (C=O) groups excluding carboxylic acids is 1. The van der Waals surface area contributed by atoms with Gasteiger partial charge in [0, 0.05) is 4.88 Å². The molecule has 0 saturated heterocycles. The van der Waals surface area contributed by atoms with Crippen molar-refractivity contribution >= 4 is 43.4 Å². The van der Waals surface area contributed by atoms with E-state index in [9.17, 15) is 13.2 Å². The van der Waals surface area contributed by atoms with Crippen LogP contribution in [0.3, 0.4) is 0 Å². The number of nitrogen functional groups attached to an aromatic ring is 1. The maximum atomic E-state index is 12.6. The number of fused-ring (bicyclic) bond motifs is 3. The third-order valence-corrected chi connectivity index (χ3v) is 8.20. The second-order valence-electron chi connectivity index (χ2n) is 7.92. The molecule has 0 bridgehead atoms. The Morgan fingerprint density at radius 1 is 1.18 bits per heavy atom. The molecule has 3 N–H and O–H groups in total. The molecule has 1 aromatic carbocycles. The number of ether oxygens (including phenoxy) is 1. The van der Waals surface area contributed by atoms with Crippen LogP contribution in [0.1, 0.15) is 45.2 Å². The predicted octanol–water partition coefficient (Wildman–Crippen LogP) is 3.58. The van der Waals surface area contributed by atoms with E-state index in [4.69, 9.17) is 14.9 Å². The number of sulfonamides is 1. The number of hydrogen-bond acceptors (Lipinski definition) is 9. The zero-order valence-electron chi connectivity index (χ0n) is 18.1. The van der Waals surface area contributed by atoms with Gasteiger partial charge in [-0.2, -0.15) is 0 Å². The van der Waals surface area contributed by atoms with Gasteiger partial charge in [-0.1, -0.05) is 6.07 Å². The summed E-state index contributed by atoms with van der Waals surface area (Å²) < 4.78 is 38.1. The van der Waals surface area contributed by atoms with E-state index in [1.54, 1.807) is 23.5 Å². The highest BCUT2D eigenvalue weighted by molar-refractivity contribution is 7.89. The molecular formula is C23H22N4O5S2. The Balaban J connectivity index is 1.29. The Kier molecular flexibility index (Phi) is 6.07. The quantitative estimate of drug-likeness (QED) is 0.369. The van der Waals surface area contributed by atoms with Gasteiger partial charge in [0.15, 0.2) is 12.4 Å². The Labute approximate surface area is 200 Å². The molecular weight excluding hydrogens is 476 g/mol. The maximum Gasteiger partial charge on any atom is 0.338 e. The summed E-state index contributed by atoms with van der Waals surface area (Å²) in [4.78, 5) is 23.5. The van der Waals surface area contributed by atoms with Crippen molar-refractivity contribution < 1.29 is 22.4 Å². The molecule has 1 aliphatic rings. The molecule has 0 unspecified atom stereocenters. The summed E-state index contributed by atoms with van der Waals surface area (Å²) in [5, 5.41) is 0.912. The second-order valence-corrected chi connectivity index (χ2v) is 10.8. The number of nitrogens with one attached hydrogen (secondary N) is 1. The van der Waals surface area contributed by atoms with Crippen LogP contribution in [-0.4, -0.2) is 24.4 Å². The van der Waals surface area contributed by atoms with Gasteiger partial charge in [0.1, 0.15) is 16.4 Å². The molecule has 0 fully saturated rings. The molecule has 176 valence electrons. The first kappa shape index (κ1) is 22.5. The lowest BCUT2D eigenvalue weighted by Crippen LogP contribution is -2.23. The molecule has 4 aromatic rings. The summed E-state index contributed by atoms with van der Waals surface area (Å²) in [6.07, 6.45) is 5.75. The molecule has 0 saturated carbocycles. The number of esters is 1. The SMILES string of the molecule is Nc1nc(COC(=O)c2cccc(S(=O)(=O)NCc3ccco3)c2)nc2sc3c(c12)CCCC3. The Bertz CT molecular complexity index is 1460. The molecule has 9 nitrogen and oxygen atoms in total. The minimum atomic E-state index is -3.85. The zero-order valence-corrected chi connectivity index (χ0v) is 19.7. The van der Waals surface area contributed by atoms with Crippen molar-refractivity contribution in [3.63, 3.8) is 0 Å². The number of hydrogen-bond donors (Lipinski definition) is 2. The molecule has 3 aromatic heterocycles. The van der Waals surface area contributed by atoms with Crippen LogP contribution in [0.4, 0.5) is 5.82 Å². The van der Waals surface area contributed by atoms with Crippen molar-refractivity contribution in [2.24, 2.45) is 0 Å². The van der Waals surface area contributed by atoms with Gasteiger partial charge in [0.05, 0.1) is 28.7 Å². The van der Waals surface area contributed by atoms with Gasteiger partial charge in [-0.3, -0.25) is 0 Å². The lowest BCUT2D eigenvalue weighted by molar-refractivity contribution is 0.0462. The minimum absolute atomic E-state index is 0.00258. The van der Waals surface area contributed by atoms with Gasteiger partial charge in [-0.25, -0.2) is 27.9 Å². The summed E-state index contributed by atoms with van der Waals surface area (Å²) in [6, 6.07) is 8.96. The highest BCUT2D eigenvalue weighted by Crippen LogP contribution is 2.37. The van der Waals surface area contributed by atoms with Crippen LogP contribution in [0.5, 0.6) is 0 Å². The van der Waals surface area contributed by atoms with Crippen molar-refractivity contribution in [1.29, 1.82) is 0 Å². The van der Waals surface area contributed by atoms with Gasteiger partial charge in [0.25, 0.3) is 0 Å². The van der Waals surface area contributed by atoms with Crippen molar-refractivity contribution in [3.05, 3.63) is 70.3 Å². The number of nitrogens with two attached hydrogens (primary N) is 1. The number of benzene rings is 1. The van der Waals surface area contributed by atoms with Gasteiger partial charge in [-0.05, 0) is 61.6 Å². The lowest BCUT2D eigenvalue weighted by atomic mass is 9.97. The number of furan rings is 1. The molecule has 0 aliphatic heterocycles. The lowest BCUT2D eigenvalue weighted by Gasteiger charge is -2.11. The van der Waals surface area contributed by atoms with E-state index < -0.39 is 16.0 Å². The van der Waals surface area contributed by atoms with Crippen LogP contribution in [0.2, 0.25) is 0 Å². The minimum Gasteiger partial charge on any atom is -0.468 e. The summed E-state index contributed by atoms with van der Waals surface area (Å²) in [5.74, 6) is 0.491. The highest BCUT2D eigenvalue weighted by Gasteiger charge is 2.21. The van der Waals surface area contributed by atoms with Crippen LogP contribution < -0.4 is 10.5 Å². The topological polar surface area (TPSA) is 137 Å². The van der Waals surface area contributed by atoms with Gasteiger partial charge < -0.3 is 14.9 Å². The zero-order chi connectivity index (χ0) is 23.7.